The number of carbonyl (C=O) groups is 2. The van der Waals surface area contributed by atoms with Gasteiger partial charge in [-0.05, 0) is 12.8 Å². The average molecular weight is 305 g/mol. The number of carbonyl (C=O) groups excluding carboxylic acids is 1. The lowest BCUT2D eigenvalue weighted by Crippen LogP contribution is -2.32. The molecule has 0 radical (unpaired) electrons. The molecule has 0 bridgehead atoms. The second-order valence-electron chi connectivity index (χ2n) is 4.85. The van der Waals surface area contributed by atoms with E-state index in [4.69, 9.17) is 20.2 Å². The summed E-state index contributed by atoms with van der Waals surface area (Å²) in [6.07, 6.45) is 5.71. The van der Waals surface area contributed by atoms with Crippen molar-refractivity contribution in [3.8, 4) is 0 Å². The van der Waals surface area contributed by atoms with Crippen molar-refractivity contribution in [1.82, 2.24) is 5.06 Å². The average Bonchev–Trinajstić information content (AvgIpc) is 2.42. The number of carboxylic acids is 1. The van der Waals surface area contributed by atoms with Crippen LogP contribution in [0.15, 0.2) is 0 Å². The van der Waals surface area contributed by atoms with Crippen LogP contribution in [0.5, 0.6) is 0 Å². The van der Waals surface area contributed by atoms with Crippen molar-refractivity contribution in [1.29, 1.82) is 0 Å². The normalized spacial score (nSPS) is 10.8. The SMILES string of the molecule is O=C(O)CCCCCCCCC(=O)ON(CCO)CCO. The van der Waals surface area contributed by atoms with Crippen molar-refractivity contribution < 1.29 is 29.7 Å². The quantitative estimate of drug-likeness (QED) is 0.324. The molecule has 0 aliphatic rings. The Balaban J connectivity index is 3.49. The summed E-state index contributed by atoms with van der Waals surface area (Å²) in [6, 6.07) is 0. The van der Waals surface area contributed by atoms with E-state index in [-0.39, 0.29) is 38.7 Å². The third-order valence-electron chi connectivity index (χ3n) is 2.95. The van der Waals surface area contributed by atoms with Gasteiger partial charge in [-0.15, -0.1) is 5.06 Å². The third kappa shape index (κ3) is 13.6. The minimum absolute atomic E-state index is 0.135. The summed E-state index contributed by atoms with van der Waals surface area (Å²) in [5.41, 5.74) is 0. The van der Waals surface area contributed by atoms with Gasteiger partial charge in [0.15, 0.2) is 0 Å². The molecule has 0 aromatic carbocycles. The number of aliphatic carboxylic acids is 1. The van der Waals surface area contributed by atoms with Crippen molar-refractivity contribution in [3.05, 3.63) is 0 Å². The predicted molar refractivity (Wildman–Crippen MR) is 76.4 cm³/mol. The number of hydroxylamine groups is 2. The number of carboxylic acid groups (broad SMARTS) is 1. The van der Waals surface area contributed by atoms with Gasteiger partial charge >= 0.3 is 11.9 Å². The first-order valence-corrected chi connectivity index (χ1v) is 7.49. The van der Waals surface area contributed by atoms with E-state index in [2.05, 4.69) is 0 Å². The Morgan fingerprint density at radius 1 is 0.810 bits per heavy atom. The Morgan fingerprint density at radius 2 is 1.29 bits per heavy atom. The monoisotopic (exact) mass is 305 g/mol. The highest BCUT2D eigenvalue weighted by atomic mass is 16.7. The highest BCUT2D eigenvalue weighted by molar-refractivity contribution is 5.68. The summed E-state index contributed by atoms with van der Waals surface area (Å²) in [7, 11) is 0. The Labute approximate surface area is 125 Å². The van der Waals surface area contributed by atoms with Gasteiger partial charge in [0, 0.05) is 12.8 Å². The predicted octanol–water partition coefficient (Wildman–Crippen LogP) is 0.937. The standard InChI is InChI=1S/C14H27NO6/c16-11-9-15(10-12-17)21-14(20)8-6-4-2-1-3-5-7-13(18)19/h16-17H,1-12H2,(H,18,19). The van der Waals surface area contributed by atoms with Crippen LogP contribution in [-0.2, 0) is 14.4 Å². The number of nitrogens with zero attached hydrogens (tertiary/aromatic N) is 1. The first-order valence-electron chi connectivity index (χ1n) is 7.49. The number of aliphatic hydroxyl groups is 2. The maximum absolute atomic E-state index is 11.5. The molecule has 124 valence electrons. The maximum atomic E-state index is 11.5. The van der Waals surface area contributed by atoms with Gasteiger partial charge in [0.05, 0.1) is 26.3 Å². The molecule has 0 spiro atoms. The smallest absolute Gasteiger partial charge is 0.325 e. The molecule has 0 fully saturated rings. The van der Waals surface area contributed by atoms with E-state index in [0.717, 1.165) is 32.1 Å². The van der Waals surface area contributed by atoms with Crippen LogP contribution in [-0.4, -0.2) is 58.6 Å². The molecule has 0 heterocycles. The minimum Gasteiger partial charge on any atom is -0.481 e. The molecule has 21 heavy (non-hydrogen) atoms. The van der Waals surface area contributed by atoms with E-state index < -0.39 is 5.97 Å². The fraction of sp³-hybridized carbons (Fsp3) is 0.857. The summed E-state index contributed by atoms with van der Waals surface area (Å²) in [5, 5.41) is 27.3. The lowest BCUT2D eigenvalue weighted by molar-refractivity contribution is -0.194. The molecule has 0 aliphatic heterocycles. The molecule has 0 rings (SSSR count). The van der Waals surface area contributed by atoms with Crippen molar-refractivity contribution in [2.75, 3.05) is 26.3 Å². The molecule has 0 aliphatic carbocycles. The van der Waals surface area contributed by atoms with Crippen LogP contribution in [0.4, 0.5) is 0 Å². The molecule has 0 aromatic rings. The maximum Gasteiger partial charge on any atom is 0.325 e. The van der Waals surface area contributed by atoms with Crippen molar-refractivity contribution in [2.24, 2.45) is 0 Å². The van der Waals surface area contributed by atoms with Crippen LogP contribution in [0, 0.1) is 0 Å². The summed E-state index contributed by atoms with van der Waals surface area (Å²) >= 11 is 0. The van der Waals surface area contributed by atoms with Gasteiger partial charge in [0.2, 0.25) is 0 Å². The highest BCUT2D eigenvalue weighted by Crippen LogP contribution is 2.09. The molecule has 7 heteroatoms. The van der Waals surface area contributed by atoms with Crippen LogP contribution < -0.4 is 0 Å². The van der Waals surface area contributed by atoms with Crippen LogP contribution in [0.1, 0.15) is 51.4 Å². The van der Waals surface area contributed by atoms with E-state index in [1.54, 1.807) is 0 Å². The molecule has 3 N–H and O–H groups in total. The molecular weight excluding hydrogens is 278 g/mol. The molecule has 0 atom stereocenters. The number of unbranched alkanes of at least 4 members (excludes halogenated alkanes) is 5. The summed E-state index contributed by atoms with van der Waals surface area (Å²) in [6.45, 7) is 0.110. The number of hydrogen-bond donors (Lipinski definition) is 3. The first-order chi connectivity index (χ1) is 10.1. The largest absolute Gasteiger partial charge is 0.481 e. The van der Waals surface area contributed by atoms with E-state index in [1.807, 2.05) is 0 Å². The van der Waals surface area contributed by atoms with E-state index in [1.165, 1.54) is 5.06 Å². The number of aliphatic hydroxyl groups excluding tert-OH is 2. The fourth-order valence-electron chi connectivity index (χ4n) is 1.87. The van der Waals surface area contributed by atoms with Crippen LogP contribution in [0.2, 0.25) is 0 Å². The van der Waals surface area contributed by atoms with Gasteiger partial charge in [-0.1, -0.05) is 25.7 Å². The Morgan fingerprint density at radius 3 is 1.76 bits per heavy atom. The highest BCUT2D eigenvalue weighted by Gasteiger charge is 2.10. The van der Waals surface area contributed by atoms with Gasteiger partial charge in [0.1, 0.15) is 0 Å². The van der Waals surface area contributed by atoms with Gasteiger partial charge < -0.3 is 20.2 Å². The lowest BCUT2D eigenvalue weighted by atomic mass is 10.1. The van der Waals surface area contributed by atoms with E-state index in [0.29, 0.717) is 12.8 Å². The second-order valence-corrected chi connectivity index (χ2v) is 4.85. The van der Waals surface area contributed by atoms with Gasteiger partial charge in [0.25, 0.3) is 0 Å². The Hall–Kier alpha value is -1.18. The topological polar surface area (TPSA) is 107 Å². The van der Waals surface area contributed by atoms with E-state index >= 15 is 0 Å². The first kappa shape index (κ1) is 19.8. The van der Waals surface area contributed by atoms with E-state index in [9.17, 15) is 9.59 Å². The zero-order chi connectivity index (χ0) is 15.9. The van der Waals surface area contributed by atoms with Crippen LogP contribution >= 0.6 is 0 Å². The summed E-state index contributed by atoms with van der Waals surface area (Å²) in [4.78, 5) is 26.8. The molecule has 0 unspecified atom stereocenters. The number of rotatable bonds is 14. The molecule has 0 saturated heterocycles. The summed E-state index contributed by atoms with van der Waals surface area (Å²) < 4.78 is 0. The molecule has 0 aromatic heterocycles. The molecule has 0 amide bonds. The van der Waals surface area contributed by atoms with Crippen molar-refractivity contribution in [2.45, 2.75) is 51.4 Å². The van der Waals surface area contributed by atoms with Crippen molar-refractivity contribution >= 4 is 11.9 Å². The van der Waals surface area contributed by atoms with Crippen LogP contribution in [0.3, 0.4) is 0 Å². The second kappa shape index (κ2) is 13.8. The van der Waals surface area contributed by atoms with Gasteiger partial charge in [-0.3, -0.25) is 9.59 Å². The molecular formula is C14H27NO6. The van der Waals surface area contributed by atoms with Gasteiger partial charge in [-0.2, -0.15) is 0 Å². The van der Waals surface area contributed by atoms with Crippen LogP contribution in [0.25, 0.3) is 0 Å². The summed E-state index contributed by atoms with van der Waals surface area (Å²) in [5.74, 6) is -1.11. The zero-order valence-corrected chi connectivity index (χ0v) is 12.5. The molecule has 7 nitrogen and oxygen atoms in total. The third-order valence-corrected chi connectivity index (χ3v) is 2.95. The number of hydrogen-bond acceptors (Lipinski definition) is 6. The lowest BCUT2D eigenvalue weighted by Gasteiger charge is -2.18. The van der Waals surface area contributed by atoms with Crippen molar-refractivity contribution in [3.63, 3.8) is 0 Å². The fourth-order valence-corrected chi connectivity index (χ4v) is 1.87. The van der Waals surface area contributed by atoms with Gasteiger partial charge in [-0.25, -0.2) is 0 Å². The Kier molecular flexibility index (Phi) is 13.0. The molecule has 0 saturated carbocycles. The Bertz CT molecular complexity index is 279. The zero-order valence-electron chi connectivity index (χ0n) is 12.5. The minimum atomic E-state index is -0.756.